The second-order valence-corrected chi connectivity index (χ2v) is 7.95. The lowest BCUT2D eigenvalue weighted by molar-refractivity contribution is -0.156. The van der Waals surface area contributed by atoms with Crippen molar-refractivity contribution in [2.45, 2.75) is 64.3 Å². The number of esters is 1. The third kappa shape index (κ3) is 11.0. The van der Waals surface area contributed by atoms with Gasteiger partial charge in [0.05, 0.1) is 6.42 Å². The predicted octanol–water partition coefficient (Wildman–Crippen LogP) is 0.848. The quantitative estimate of drug-likeness (QED) is 0.358. The first kappa shape index (κ1) is 26.4. The van der Waals surface area contributed by atoms with Gasteiger partial charge in [0.2, 0.25) is 11.8 Å². The van der Waals surface area contributed by atoms with Gasteiger partial charge in [-0.05, 0) is 32.8 Å². The number of rotatable bonds is 11. The van der Waals surface area contributed by atoms with E-state index in [0.717, 1.165) is 0 Å². The number of carboxylic acids is 1. The lowest BCUT2D eigenvalue weighted by Crippen LogP contribution is -2.52. The van der Waals surface area contributed by atoms with Crippen LogP contribution in [0.15, 0.2) is 30.3 Å². The predicted molar refractivity (Wildman–Crippen MR) is 112 cm³/mol. The molecule has 176 valence electrons. The molecule has 0 spiro atoms. The van der Waals surface area contributed by atoms with Crippen LogP contribution in [0.1, 0.15) is 45.6 Å². The van der Waals surface area contributed by atoms with Gasteiger partial charge in [-0.2, -0.15) is 0 Å². The highest BCUT2D eigenvalue weighted by Gasteiger charge is 2.30. The van der Waals surface area contributed by atoms with E-state index in [-0.39, 0.29) is 19.4 Å². The number of nitrogens with two attached hydrogens (primary N) is 1. The second-order valence-electron chi connectivity index (χ2n) is 7.95. The van der Waals surface area contributed by atoms with Crippen molar-refractivity contribution < 1.29 is 38.6 Å². The molecule has 0 aliphatic heterocycles. The van der Waals surface area contributed by atoms with E-state index in [1.165, 1.54) is 0 Å². The number of ether oxygens (including phenoxy) is 2. The van der Waals surface area contributed by atoms with Crippen molar-refractivity contribution in [3.05, 3.63) is 35.9 Å². The molecule has 32 heavy (non-hydrogen) atoms. The molecule has 0 aromatic heterocycles. The van der Waals surface area contributed by atoms with Gasteiger partial charge in [-0.1, -0.05) is 30.3 Å². The minimum Gasteiger partial charge on any atom is -0.480 e. The van der Waals surface area contributed by atoms with E-state index < -0.39 is 54.0 Å². The lowest BCUT2D eigenvalue weighted by atomic mass is 10.1. The highest BCUT2D eigenvalue weighted by molar-refractivity contribution is 5.92. The van der Waals surface area contributed by atoms with Gasteiger partial charge in [-0.3, -0.25) is 14.4 Å². The molecule has 1 aromatic carbocycles. The molecule has 0 aliphatic rings. The molecule has 0 aliphatic carbocycles. The number of carbonyl (C=O) groups excluding carboxylic acids is 4. The highest BCUT2D eigenvalue weighted by Crippen LogP contribution is 2.10. The Balaban J connectivity index is 2.86. The summed E-state index contributed by atoms with van der Waals surface area (Å²) in [6.45, 7) is 4.81. The molecule has 0 saturated heterocycles. The Hall–Kier alpha value is -3.63. The standard InChI is InChI=1S/C21H29N3O8/c1-21(2,3)32-17(26)11-15(18(27)23-14(19(28)29)9-10-16(22)25)24-20(30)31-12-13-7-5-4-6-8-13/h4-8,14-15H,9-12H2,1-3H3,(H2,22,25)(H,23,27)(H,24,30)(H,28,29)/t14-,15-/m0/s1. The summed E-state index contributed by atoms with van der Waals surface area (Å²) in [5.74, 6) is -3.88. The minimum absolute atomic E-state index is 0.0796. The number of aliphatic carboxylic acids is 1. The Kier molecular flexibility index (Phi) is 10.1. The van der Waals surface area contributed by atoms with Gasteiger partial charge in [0.25, 0.3) is 0 Å². The van der Waals surface area contributed by atoms with E-state index >= 15 is 0 Å². The zero-order valence-corrected chi connectivity index (χ0v) is 18.3. The van der Waals surface area contributed by atoms with Gasteiger partial charge in [0, 0.05) is 6.42 Å². The summed E-state index contributed by atoms with van der Waals surface area (Å²) in [6, 6.07) is 5.85. The first-order chi connectivity index (χ1) is 14.9. The third-order valence-electron chi connectivity index (χ3n) is 3.91. The summed E-state index contributed by atoms with van der Waals surface area (Å²) >= 11 is 0. The molecular weight excluding hydrogens is 422 g/mol. The van der Waals surface area contributed by atoms with Crippen LogP contribution in [0.3, 0.4) is 0 Å². The molecule has 1 aromatic rings. The highest BCUT2D eigenvalue weighted by atomic mass is 16.6. The molecule has 3 amide bonds. The maximum atomic E-state index is 12.6. The van der Waals surface area contributed by atoms with E-state index in [4.69, 9.17) is 15.2 Å². The Bertz CT molecular complexity index is 820. The Morgan fingerprint density at radius 3 is 2.19 bits per heavy atom. The number of carboxylic acid groups (broad SMARTS) is 1. The minimum atomic E-state index is -1.47. The van der Waals surface area contributed by atoms with Gasteiger partial charge in [-0.25, -0.2) is 9.59 Å². The van der Waals surface area contributed by atoms with Crippen LogP contribution in [0.4, 0.5) is 4.79 Å². The fourth-order valence-corrected chi connectivity index (χ4v) is 2.48. The smallest absolute Gasteiger partial charge is 0.408 e. The number of amides is 3. The Morgan fingerprint density at radius 2 is 1.66 bits per heavy atom. The van der Waals surface area contributed by atoms with Gasteiger partial charge in [0.1, 0.15) is 24.3 Å². The summed E-state index contributed by atoms with van der Waals surface area (Å²) in [7, 11) is 0. The van der Waals surface area contributed by atoms with Crippen molar-refractivity contribution in [3.63, 3.8) is 0 Å². The SMILES string of the molecule is CC(C)(C)OC(=O)C[C@H](NC(=O)OCc1ccccc1)C(=O)N[C@@H](CCC(N)=O)C(=O)O. The molecule has 11 nitrogen and oxygen atoms in total. The molecule has 0 fully saturated rings. The van der Waals surface area contributed by atoms with Crippen molar-refractivity contribution in [1.82, 2.24) is 10.6 Å². The van der Waals surface area contributed by atoms with Crippen LogP contribution in [0, 0.1) is 0 Å². The van der Waals surface area contributed by atoms with Crippen molar-refractivity contribution in [2.75, 3.05) is 0 Å². The molecule has 1 rings (SSSR count). The normalized spacial score (nSPS) is 12.7. The monoisotopic (exact) mass is 451 g/mol. The molecular formula is C21H29N3O8. The van der Waals surface area contributed by atoms with E-state index in [1.807, 2.05) is 0 Å². The molecule has 0 heterocycles. The van der Waals surface area contributed by atoms with E-state index in [9.17, 15) is 29.1 Å². The number of hydrogen-bond donors (Lipinski definition) is 4. The molecule has 11 heteroatoms. The Labute approximate surface area is 185 Å². The molecule has 5 N–H and O–H groups in total. The second kappa shape index (κ2) is 12.3. The first-order valence-electron chi connectivity index (χ1n) is 9.88. The lowest BCUT2D eigenvalue weighted by Gasteiger charge is -2.23. The van der Waals surface area contributed by atoms with E-state index in [2.05, 4.69) is 10.6 Å². The van der Waals surface area contributed by atoms with Crippen molar-refractivity contribution in [2.24, 2.45) is 5.73 Å². The molecule has 0 unspecified atom stereocenters. The molecule has 0 bridgehead atoms. The molecule has 0 radical (unpaired) electrons. The Morgan fingerprint density at radius 1 is 1.03 bits per heavy atom. The van der Waals surface area contributed by atoms with E-state index in [1.54, 1.807) is 51.1 Å². The average molecular weight is 451 g/mol. The summed E-state index contributed by atoms with van der Waals surface area (Å²) in [5, 5.41) is 13.7. The largest absolute Gasteiger partial charge is 0.480 e. The van der Waals surface area contributed by atoms with Crippen LogP contribution in [0.2, 0.25) is 0 Å². The van der Waals surface area contributed by atoms with Gasteiger partial charge in [0.15, 0.2) is 0 Å². The van der Waals surface area contributed by atoms with Crippen LogP contribution in [0.25, 0.3) is 0 Å². The topological polar surface area (TPSA) is 174 Å². The number of hydrogen-bond acceptors (Lipinski definition) is 7. The van der Waals surface area contributed by atoms with Crippen LogP contribution >= 0.6 is 0 Å². The van der Waals surface area contributed by atoms with Crippen LogP contribution < -0.4 is 16.4 Å². The fourth-order valence-electron chi connectivity index (χ4n) is 2.48. The van der Waals surface area contributed by atoms with Crippen LogP contribution in [0.5, 0.6) is 0 Å². The van der Waals surface area contributed by atoms with Gasteiger partial charge in [-0.15, -0.1) is 0 Å². The molecule has 2 atom stereocenters. The zero-order valence-electron chi connectivity index (χ0n) is 18.3. The van der Waals surface area contributed by atoms with E-state index in [0.29, 0.717) is 5.56 Å². The molecule has 0 saturated carbocycles. The van der Waals surface area contributed by atoms with Gasteiger partial charge < -0.3 is 30.9 Å². The first-order valence-corrected chi connectivity index (χ1v) is 9.88. The average Bonchev–Trinajstić information content (AvgIpc) is 2.67. The maximum Gasteiger partial charge on any atom is 0.408 e. The third-order valence-corrected chi connectivity index (χ3v) is 3.91. The number of carbonyl (C=O) groups is 5. The summed E-state index contributed by atoms with van der Waals surface area (Å²) in [6.07, 6.45) is -2.08. The van der Waals surface area contributed by atoms with Crippen molar-refractivity contribution in [3.8, 4) is 0 Å². The number of alkyl carbamates (subject to hydrolysis) is 1. The summed E-state index contributed by atoms with van der Waals surface area (Å²) in [5.41, 5.74) is 4.89. The number of primary amides is 1. The van der Waals surface area contributed by atoms with Crippen molar-refractivity contribution in [1.29, 1.82) is 0 Å². The van der Waals surface area contributed by atoms with Crippen molar-refractivity contribution >= 4 is 29.8 Å². The summed E-state index contributed by atoms with van der Waals surface area (Å²) in [4.78, 5) is 59.4. The number of nitrogens with one attached hydrogen (secondary N) is 2. The fraction of sp³-hybridized carbons (Fsp3) is 0.476. The summed E-state index contributed by atoms with van der Waals surface area (Å²) < 4.78 is 10.2. The maximum absolute atomic E-state index is 12.6. The van der Waals surface area contributed by atoms with Gasteiger partial charge >= 0.3 is 18.0 Å². The van der Waals surface area contributed by atoms with Crippen LogP contribution in [-0.2, 0) is 35.3 Å². The zero-order chi connectivity index (χ0) is 24.3. The van der Waals surface area contributed by atoms with Crippen LogP contribution in [-0.4, -0.2) is 52.6 Å². The number of benzene rings is 1.